The number of fused-ring (bicyclic) bond motifs is 1. The first-order valence-electron chi connectivity index (χ1n) is 7.62. The van der Waals surface area contributed by atoms with Crippen LogP contribution in [0.25, 0.3) is 0 Å². The molecule has 1 aromatic rings. The summed E-state index contributed by atoms with van der Waals surface area (Å²) in [6.07, 6.45) is 5.14. The molecule has 6 heteroatoms. The molecule has 0 saturated carbocycles. The molecule has 4 rings (SSSR count). The van der Waals surface area contributed by atoms with Crippen LogP contribution in [0.1, 0.15) is 12.0 Å². The van der Waals surface area contributed by atoms with Gasteiger partial charge in [0.2, 0.25) is 0 Å². The Labute approximate surface area is 129 Å². The van der Waals surface area contributed by atoms with Gasteiger partial charge in [-0.05, 0) is 30.7 Å². The van der Waals surface area contributed by atoms with Crippen molar-refractivity contribution in [2.75, 3.05) is 32.0 Å². The zero-order valence-electron chi connectivity index (χ0n) is 12.4. The van der Waals surface area contributed by atoms with Crippen LogP contribution in [0, 0.1) is 0 Å². The van der Waals surface area contributed by atoms with Crippen molar-refractivity contribution >= 4 is 17.4 Å². The first-order valence-corrected chi connectivity index (χ1v) is 7.62. The van der Waals surface area contributed by atoms with Gasteiger partial charge in [-0.15, -0.1) is 0 Å². The fourth-order valence-corrected chi connectivity index (χ4v) is 2.98. The molecule has 1 fully saturated rings. The molecular weight excluding hydrogens is 278 g/mol. The number of anilines is 1. The van der Waals surface area contributed by atoms with Crippen molar-refractivity contribution in [3.63, 3.8) is 0 Å². The average Bonchev–Trinajstić information content (AvgIpc) is 3.04. The van der Waals surface area contributed by atoms with Gasteiger partial charge in [0.05, 0.1) is 13.2 Å². The van der Waals surface area contributed by atoms with E-state index in [0.29, 0.717) is 0 Å². The van der Waals surface area contributed by atoms with E-state index < -0.39 is 0 Å². The summed E-state index contributed by atoms with van der Waals surface area (Å²) >= 11 is 0. The smallest absolute Gasteiger partial charge is 0.181 e. The van der Waals surface area contributed by atoms with Gasteiger partial charge >= 0.3 is 0 Å². The Balaban J connectivity index is 1.69. The molecular formula is C16H19N5O. The van der Waals surface area contributed by atoms with Gasteiger partial charge in [-0.25, -0.2) is 4.99 Å². The predicted octanol–water partition coefficient (Wildman–Crippen LogP) is 1.26. The summed E-state index contributed by atoms with van der Waals surface area (Å²) in [5.41, 5.74) is 7.50. The van der Waals surface area contributed by atoms with Crippen molar-refractivity contribution < 1.29 is 4.74 Å². The highest BCUT2D eigenvalue weighted by atomic mass is 16.5. The fourth-order valence-electron chi connectivity index (χ4n) is 2.98. The summed E-state index contributed by atoms with van der Waals surface area (Å²) in [4.78, 5) is 7.18. The summed E-state index contributed by atoms with van der Waals surface area (Å²) in [5, 5.41) is 6.68. The van der Waals surface area contributed by atoms with E-state index in [4.69, 9.17) is 15.5 Å². The Kier molecular flexibility index (Phi) is 3.31. The van der Waals surface area contributed by atoms with Crippen LogP contribution < -0.4 is 5.73 Å². The van der Waals surface area contributed by atoms with Gasteiger partial charge in [-0.1, -0.05) is 6.08 Å². The second-order valence-electron chi connectivity index (χ2n) is 5.63. The third-order valence-electron chi connectivity index (χ3n) is 4.17. The molecule has 0 bridgehead atoms. The van der Waals surface area contributed by atoms with Crippen LogP contribution in [0.3, 0.4) is 0 Å². The molecule has 3 heterocycles. The van der Waals surface area contributed by atoms with E-state index in [9.17, 15) is 0 Å². The van der Waals surface area contributed by atoms with E-state index >= 15 is 0 Å². The van der Waals surface area contributed by atoms with Gasteiger partial charge < -0.3 is 15.4 Å². The Bertz CT molecular complexity index is 643. The van der Waals surface area contributed by atoms with Gasteiger partial charge in [0, 0.05) is 30.5 Å². The molecule has 0 spiro atoms. The van der Waals surface area contributed by atoms with E-state index in [0.717, 1.165) is 55.6 Å². The molecule has 3 aliphatic heterocycles. The fraction of sp³-hybridized carbons (Fsp3) is 0.375. The number of nitrogens with zero attached hydrogens (tertiary/aromatic N) is 4. The lowest BCUT2D eigenvalue weighted by atomic mass is 10.1. The molecule has 1 saturated heterocycles. The van der Waals surface area contributed by atoms with E-state index in [1.54, 1.807) is 0 Å². The number of ether oxygens (including phenoxy) is 1. The zero-order chi connectivity index (χ0) is 14.9. The third kappa shape index (κ3) is 2.35. The van der Waals surface area contributed by atoms with Crippen LogP contribution in [-0.4, -0.2) is 53.9 Å². The molecule has 1 atom stereocenters. The van der Waals surface area contributed by atoms with E-state index in [-0.39, 0.29) is 6.04 Å². The number of rotatable bonds is 1. The number of benzene rings is 1. The molecule has 6 nitrogen and oxygen atoms in total. The molecule has 0 amide bonds. The number of nitrogens with two attached hydrogens (primary N) is 1. The number of nitrogen functional groups attached to an aromatic ring is 1. The summed E-state index contributed by atoms with van der Waals surface area (Å²) in [7, 11) is 0. The monoisotopic (exact) mass is 297 g/mol. The second kappa shape index (κ2) is 5.46. The first-order chi connectivity index (χ1) is 10.8. The Morgan fingerprint density at radius 1 is 1.14 bits per heavy atom. The molecule has 22 heavy (non-hydrogen) atoms. The number of amidine groups is 2. The van der Waals surface area contributed by atoms with E-state index in [2.05, 4.69) is 16.1 Å². The Morgan fingerprint density at radius 2 is 1.91 bits per heavy atom. The van der Waals surface area contributed by atoms with Crippen LogP contribution in [-0.2, 0) is 4.74 Å². The van der Waals surface area contributed by atoms with Gasteiger partial charge in [0.25, 0.3) is 0 Å². The number of morpholine rings is 1. The molecule has 3 aliphatic rings. The summed E-state index contributed by atoms with van der Waals surface area (Å²) in [6.45, 7) is 3.29. The molecule has 0 aromatic heterocycles. The standard InChI is InChI=1S/C16H19N5O/c17-13-5-3-12(4-6-13)15-18-16(20-8-10-22-11-9-20)14-2-1-7-21(14)19-15/h1,3-7,14H,2,8-11,17H2. The topological polar surface area (TPSA) is 66.5 Å². The van der Waals surface area contributed by atoms with Crippen molar-refractivity contribution in [2.45, 2.75) is 12.5 Å². The van der Waals surface area contributed by atoms with Gasteiger partial charge in [-0.3, -0.25) is 5.01 Å². The normalized spacial score (nSPS) is 24.1. The highest BCUT2D eigenvalue weighted by Gasteiger charge is 2.33. The average molecular weight is 297 g/mol. The second-order valence-corrected chi connectivity index (χ2v) is 5.63. The largest absolute Gasteiger partial charge is 0.399 e. The lowest BCUT2D eigenvalue weighted by molar-refractivity contribution is 0.0651. The maximum absolute atomic E-state index is 5.77. The first kappa shape index (κ1) is 13.3. The van der Waals surface area contributed by atoms with Gasteiger partial charge in [-0.2, -0.15) is 5.10 Å². The number of aliphatic imine (C=N–C) groups is 1. The van der Waals surface area contributed by atoms with E-state index in [1.165, 1.54) is 0 Å². The number of hydrazone groups is 1. The summed E-state index contributed by atoms with van der Waals surface area (Å²) < 4.78 is 5.46. The minimum Gasteiger partial charge on any atom is -0.399 e. The summed E-state index contributed by atoms with van der Waals surface area (Å²) in [6, 6.07) is 7.92. The van der Waals surface area contributed by atoms with Crippen molar-refractivity contribution in [2.24, 2.45) is 10.1 Å². The minimum absolute atomic E-state index is 0.218. The van der Waals surface area contributed by atoms with Crippen LogP contribution in [0.2, 0.25) is 0 Å². The summed E-state index contributed by atoms with van der Waals surface area (Å²) in [5.74, 6) is 1.83. The minimum atomic E-state index is 0.218. The molecule has 2 N–H and O–H groups in total. The highest BCUT2D eigenvalue weighted by molar-refractivity contribution is 6.09. The maximum atomic E-state index is 5.77. The van der Waals surface area contributed by atoms with Crippen molar-refractivity contribution in [3.8, 4) is 0 Å². The molecule has 114 valence electrons. The van der Waals surface area contributed by atoms with Crippen molar-refractivity contribution in [1.29, 1.82) is 0 Å². The van der Waals surface area contributed by atoms with Crippen LogP contribution in [0.4, 0.5) is 5.69 Å². The van der Waals surface area contributed by atoms with Gasteiger partial charge in [0.1, 0.15) is 11.9 Å². The Hall–Kier alpha value is -2.34. The molecule has 0 aliphatic carbocycles. The van der Waals surface area contributed by atoms with Crippen LogP contribution >= 0.6 is 0 Å². The Morgan fingerprint density at radius 3 is 2.68 bits per heavy atom. The maximum Gasteiger partial charge on any atom is 0.181 e. The quantitative estimate of drug-likeness (QED) is 0.793. The zero-order valence-corrected chi connectivity index (χ0v) is 12.4. The lowest BCUT2D eigenvalue weighted by Gasteiger charge is -2.36. The highest BCUT2D eigenvalue weighted by Crippen LogP contribution is 2.24. The number of hydrogen-bond acceptors (Lipinski definition) is 6. The predicted molar refractivity (Wildman–Crippen MR) is 86.6 cm³/mol. The van der Waals surface area contributed by atoms with Gasteiger partial charge in [0.15, 0.2) is 5.84 Å². The lowest BCUT2D eigenvalue weighted by Crippen LogP contribution is -2.50. The number of hydrogen-bond donors (Lipinski definition) is 1. The van der Waals surface area contributed by atoms with Crippen molar-refractivity contribution in [1.82, 2.24) is 9.91 Å². The van der Waals surface area contributed by atoms with Crippen molar-refractivity contribution in [3.05, 3.63) is 42.1 Å². The molecule has 1 unspecified atom stereocenters. The third-order valence-corrected chi connectivity index (χ3v) is 4.17. The molecule has 0 radical (unpaired) electrons. The van der Waals surface area contributed by atoms with Crippen LogP contribution in [0.5, 0.6) is 0 Å². The SMILES string of the molecule is Nc1ccc(C2=NN3C=CCC3C(N3CCOCC3)=N2)cc1. The van der Waals surface area contributed by atoms with E-state index in [1.807, 2.05) is 35.5 Å². The van der Waals surface area contributed by atoms with Crippen LogP contribution in [0.15, 0.2) is 46.6 Å². The molecule has 1 aromatic carbocycles.